The van der Waals surface area contributed by atoms with Gasteiger partial charge < -0.3 is 0 Å². The first kappa shape index (κ1) is 18.2. The van der Waals surface area contributed by atoms with Gasteiger partial charge in [0, 0.05) is 11.6 Å². The molecule has 25 heavy (non-hydrogen) atoms. The smallest absolute Gasteiger partial charge is 0.192 e. The molecule has 2 aromatic rings. The highest BCUT2D eigenvalue weighted by atomic mass is 32.2. The van der Waals surface area contributed by atoms with Crippen LogP contribution in [0.15, 0.2) is 29.4 Å². The molecule has 0 spiro atoms. The molecule has 0 amide bonds. The van der Waals surface area contributed by atoms with Crippen LogP contribution < -0.4 is 0 Å². The lowest BCUT2D eigenvalue weighted by molar-refractivity contribution is -0.114. The topological polar surface area (TPSA) is 47.8 Å². The summed E-state index contributed by atoms with van der Waals surface area (Å²) >= 11 is 1.50. The third kappa shape index (κ3) is 4.14. The van der Waals surface area contributed by atoms with Crippen LogP contribution in [-0.4, -0.2) is 26.3 Å². The van der Waals surface area contributed by atoms with E-state index in [1.165, 1.54) is 43.0 Å². The number of hydrogen-bond donors (Lipinski definition) is 0. The van der Waals surface area contributed by atoms with Gasteiger partial charge in [-0.05, 0) is 30.7 Å². The van der Waals surface area contributed by atoms with Crippen molar-refractivity contribution >= 4 is 17.5 Å². The van der Waals surface area contributed by atoms with E-state index in [4.69, 9.17) is 0 Å². The van der Waals surface area contributed by atoms with Crippen molar-refractivity contribution < 1.29 is 4.79 Å². The summed E-state index contributed by atoms with van der Waals surface area (Å²) in [5.41, 5.74) is 2.55. The Hall–Kier alpha value is -1.62. The van der Waals surface area contributed by atoms with Gasteiger partial charge in [0.2, 0.25) is 0 Å². The van der Waals surface area contributed by atoms with E-state index in [1.807, 2.05) is 0 Å². The minimum atomic E-state index is 0.139. The molecule has 0 atom stereocenters. The molecule has 1 aliphatic carbocycles. The molecule has 1 aromatic heterocycles. The van der Waals surface area contributed by atoms with Crippen LogP contribution in [-0.2, 0) is 10.2 Å². The molecule has 0 bridgehead atoms. The first-order valence-electron chi connectivity index (χ1n) is 9.04. The van der Waals surface area contributed by atoms with Gasteiger partial charge in [0.1, 0.15) is 5.78 Å². The second kappa shape index (κ2) is 7.32. The van der Waals surface area contributed by atoms with Gasteiger partial charge in [0.15, 0.2) is 11.0 Å². The molecule has 5 heteroatoms. The van der Waals surface area contributed by atoms with Gasteiger partial charge in [-0.25, -0.2) is 0 Å². The van der Waals surface area contributed by atoms with Crippen LogP contribution >= 0.6 is 11.8 Å². The number of aromatic nitrogens is 3. The van der Waals surface area contributed by atoms with E-state index in [0.29, 0.717) is 11.8 Å². The van der Waals surface area contributed by atoms with Crippen molar-refractivity contribution in [3.8, 4) is 11.4 Å². The zero-order chi connectivity index (χ0) is 18.0. The van der Waals surface area contributed by atoms with Gasteiger partial charge >= 0.3 is 0 Å². The molecule has 1 fully saturated rings. The summed E-state index contributed by atoms with van der Waals surface area (Å²) in [6.07, 6.45) is 4.83. The van der Waals surface area contributed by atoms with Crippen LogP contribution in [0.1, 0.15) is 65.0 Å². The molecular weight excluding hydrogens is 330 g/mol. The Bertz CT molecular complexity index is 737. The molecule has 4 nitrogen and oxygen atoms in total. The average molecular weight is 358 g/mol. The highest BCUT2D eigenvalue weighted by Crippen LogP contribution is 2.37. The van der Waals surface area contributed by atoms with Crippen molar-refractivity contribution in [2.45, 2.75) is 70.0 Å². The van der Waals surface area contributed by atoms with Crippen LogP contribution in [0, 0.1) is 0 Å². The van der Waals surface area contributed by atoms with E-state index in [9.17, 15) is 4.79 Å². The van der Waals surface area contributed by atoms with Gasteiger partial charge in [-0.2, -0.15) is 0 Å². The van der Waals surface area contributed by atoms with E-state index >= 15 is 0 Å². The first-order valence-corrected chi connectivity index (χ1v) is 10.0. The Morgan fingerprint density at radius 3 is 2.36 bits per heavy atom. The molecule has 1 aliphatic rings. The van der Waals surface area contributed by atoms with E-state index < -0.39 is 0 Å². The maximum Gasteiger partial charge on any atom is 0.192 e. The quantitative estimate of drug-likeness (QED) is 0.704. The third-order valence-corrected chi connectivity index (χ3v) is 5.86. The molecule has 0 saturated heterocycles. The zero-order valence-corrected chi connectivity index (χ0v) is 16.4. The van der Waals surface area contributed by atoms with Gasteiger partial charge in [0.25, 0.3) is 0 Å². The monoisotopic (exact) mass is 357 g/mol. The summed E-state index contributed by atoms with van der Waals surface area (Å²) in [5.74, 6) is 1.55. The van der Waals surface area contributed by atoms with Gasteiger partial charge in [-0.15, -0.1) is 10.2 Å². The minimum Gasteiger partial charge on any atom is -0.299 e. The number of benzene rings is 1. The van der Waals surface area contributed by atoms with Crippen molar-refractivity contribution in [3.63, 3.8) is 0 Å². The number of thioether (sulfide) groups is 1. The van der Waals surface area contributed by atoms with Crippen LogP contribution in [0.3, 0.4) is 0 Å². The lowest BCUT2D eigenvalue weighted by Gasteiger charge is -2.20. The molecule has 1 aromatic carbocycles. The summed E-state index contributed by atoms with van der Waals surface area (Å²) < 4.78 is 2.27. The maximum absolute atomic E-state index is 11.4. The van der Waals surface area contributed by atoms with Gasteiger partial charge in [0.05, 0.1) is 5.75 Å². The number of nitrogens with zero attached hydrogens (tertiary/aromatic N) is 3. The second-order valence-electron chi connectivity index (χ2n) is 7.93. The molecule has 0 N–H and O–H groups in total. The fourth-order valence-electron chi connectivity index (χ4n) is 3.35. The number of carbonyl (C=O) groups is 1. The van der Waals surface area contributed by atoms with Crippen molar-refractivity contribution in [1.82, 2.24) is 14.8 Å². The molecular formula is C20H27N3OS. The molecule has 134 valence electrons. The van der Waals surface area contributed by atoms with E-state index in [2.05, 4.69) is 59.8 Å². The summed E-state index contributed by atoms with van der Waals surface area (Å²) in [5, 5.41) is 9.76. The summed E-state index contributed by atoms with van der Waals surface area (Å²) in [6.45, 7) is 8.29. The second-order valence-corrected chi connectivity index (χ2v) is 8.88. The third-order valence-electron chi connectivity index (χ3n) is 4.77. The Kier molecular flexibility index (Phi) is 5.32. The summed E-state index contributed by atoms with van der Waals surface area (Å²) in [4.78, 5) is 11.4. The predicted molar refractivity (Wildman–Crippen MR) is 103 cm³/mol. The van der Waals surface area contributed by atoms with Gasteiger partial charge in [-0.1, -0.05) is 69.6 Å². The van der Waals surface area contributed by atoms with Crippen LogP contribution in [0.25, 0.3) is 11.4 Å². The zero-order valence-electron chi connectivity index (χ0n) is 15.6. The Morgan fingerprint density at radius 1 is 1.16 bits per heavy atom. The Labute approximate surface area is 154 Å². The maximum atomic E-state index is 11.4. The van der Waals surface area contributed by atoms with E-state index in [-0.39, 0.29) is 11.2 Å². The Morgan fingerprint density at radius 2 is 1.80 bits per heavy atom. The molecule has 1 heterocycles. The number of ketones is 1. The number of hydrogen-bond acceptors (Lipinski definition) is 4. The van der Waals surface area contributed by atoms with Crippen molar-refractivity contribution in [1.29, 1.82) is 0 Å². The van der Waals surface area contributed by atoms with Crippen LogP contribution in [0.2, 0.25) is 0 Å². The number of Topliss-reactive ketones (excluding diaryl/α,β-unsaturated/α-hetero) is 1. The number of carbonyl (C=O) groups excluding carboxylic acids is 1. The standard InChI is InChI=1S/C20H27N3OS/c1-14(24)13-25-19-22-21-18(23(19)17-7-5-6-8-17)15-9-11-16(12-10-15)20(2,3)4/h9-12,17H,5-8,13H2,1-4H3. The molecule has 0 radical (unpaired) electrons. The SMILES string of the molecule is CC(=O)CSc1nnc(-c2ccc(C(C)(C)C)cc2)n1C1CCCC1. The van der Waals surface area contributed by atoms with Crippen molar-refractivity contribution in [2.75, 3.05) is 5.75 Å². The molecule has 1 saturated carbocycles. The largest absolute Gasteiger partial charge is 0.299 e. The molecule has 0 aliphatic heterocycles. The fraction of sp³-hybridized carbons (Fsp3) is 0.550. The summed E-state index contributed by atoms with van der Waals surface area (Å²) in [7, 11) is 0. The Balaban J connectivity index is 1.96. The van der Waals surface area contributed by atoms with Crippen LogP contribution in [0.4, 0.5) is 0 Å². The summed E-state index contributed by atoms with van der Waals surface area (Å²) in [6, 6.07) is 9.11. The van der Waals surface area contributed by atoms with Crippen LogP contribution in [0.5, 0.6) is 0 Å². The van der Waals surface area contributed by atoms with E-state index in [1.54, 1.807) is 6.92 Å². The fourth-order valence-corrected chi connectivity index (χ4v) is 4.15. The van der Waals surface area contributed by atoms with Crippen molar-refractivity contribution in [2.24, 2.45) is 0 Å². The predicted octanol–water partition coefficient (Wildman–Crippen LogP) is 5.04. The lowest BCUT2D eigenvalue weighted by atomic mass is 9.86. The van der Waals surface area contributed by atoms with Crippen molar-refractivity contribution in [3.05, 3.63) is 29.8 Å². The highest BCUT2D eigenvalue weighted by molar-refractivity contribution is 7.99. The molecule has 3 rings (SSSR count). The lowest BCUT2D eigenvalue weighted by Crippen LogP contribution is -2.11. The minimum absolute atomic E-state index is 0.139. The highest BCUT2D eigenvalue weighted by Gasteiger charge is 2.25. The van der Waals surface area contributed by atoms with E-state index in [0.717, 1.165) is 16.5 Å². The number of rotatable bonds is 5. The normalized spacial score (nSPS) is 15.7. The van der Waals surface area contributed by atoms with Gasteiger partial charge in [-0.3, -0.25) is 9.36 Å². The average Bonchev–Trinajstić information content (AvgIpc) is 3.21. The molecule has 0 unspecified atom stereocenters. The first-order chi connectivity index (χ1) is 11.9.